The summed E-state index contributed by atoms with van der Waals surface area (Å²) in [7, 11) is -3.51. The van der Waals surface area contributed by atoms with Gasteiger partial charge in [-0.25, -0.2) is 22.8 Å². The average Bonchev–Trinajstić information content (AvgIpc) is 2.70. The van der Waals surface area contributed by atoms with Gasteiger partial charge < -0.3 is 5.32 Å². The first-order chi connectivity index (χ1) is 7.58. The Kier molecular flexibility index (Phi) is 4.79. The Labute approximate surface area is 105 Å². The van der Waals surface area contributed by atoms with E-state index in [0.29, 0.717) is 0 Å². The average molecular weight is 282 g/mol. The molecule has 2 rings (SSSR count). The summed E-state index contributed by atoms with van der Waals surface area (Å²) in [5.41, 5.74) is 0. The molecule has 1 aliphatic rings. The maximum Gasteiger partial charge on any atom is 0.247 e. The van der Waals surface area contributed by atoms with Crippen LogP contribution in [0.5, 0.6) is 0 Å². The number of nitrogens with zero attached hydrogens (tertiary/aromatic N) is 2. The first kappa shape index (κ1) is 14.3. The molecule has 0 aromatic carbocycles. The van der Waals surface area contributed by atoms with Gasteiger partial charge >= 0.3 is 0 Å². The van der Waals surface area contributed by atoms with E-state index < -0.39 is 15.7 Å². The molecule has 0 bridgehead atoms. The summed E-state index contributed by atoms with van der Waals surface area (Å²) in [4.78, 5) is 6.98. The number of rotatable bonds is 3. The van der Waals surface area contributed by atoms with Crippen molar-refractivity contribution in [2.24, 2.45) is 0 Å². The summed E-state index contributed by atoms with van der Waals surface area (Å²) in [5, 5.41) is 2.78. The summed E-state index contributed by atoms with van der Waals surface area (Å²) >= 11 is 0. The first-order valence-corrected chi connectivity index (χ1v) is 6.67. The highest BCUT2D eigenvalue weighted by Gasteiger charge is 2.25. The number of halogens is 2. The van der Waals surface area contributed by atoms with Gasteiger partial charge in [-0.05, 0) is 19.4 Å². The van der Waals surface area contributed by atoms with E-state index in [2.05, 4.69) is 15.3 Å². The zero-order valence-corrected chi connectivity index (χ0v) is 10.6. The first-order valence-electron chi connectivity index (χ1n) is 5.01. The molecule has 1 saturated heterocycles. The minimum atomic E-state index is -3.51. The van der Waals surface area contributed by atoms with Crippen LogP contribution >= 0.6 is 12.4 Å². The standard InChI is InChI=1S/C9H12FN3O2S.ClH/c10-7-4-12-9(13-5-7)16(14,15)6-8-2-1-3-11-8;/h4-5,8,11H,1-3,6H2;1H. The Balaban J connectivity index is 0.00000144. The smallest absolute Gasteiger partial charge is 0.247 e. The van der Waals surface area contributed by atoms with Crippen LogP contribution in [-0.4, -0.2) is 36.7 Å². The number of sulfone groups is 1. The second-order valence-corrected chi connectivity index (χ2v) is 5.69. The van der Waals surface area contributed by atoms with E-state index in [9.17, 15) is 12.8 Å². The molecule has 0 saturated carbocycles. The summed E-state index contributed by atoms with van der Waals surface area (Å²) in [6.07, 6.45) is 3.54. The summed E-state index contributed by atoms with van der Waals surface area (Å²) in [6, 6.07) is -0.0429. The third-order valence-corrected chi connectivity index (χ3v) is 4.07. The lowest BCUT2D eigenvalue weighted by atomic mass is 10.3. The lowest BCUT2D eigenvalue weighted by Crippen LogP contribution is -2.30. The highest BCUT2D eigenvalue weighted by molar-refractivity contribution is 7.91. The Hall–Kier alpha value is -0.790. The summed E-state index contributed by atoms with van der Waals surface area (Å²) < 4.78 is 36.2. The highest BCUT2D eigenvalue weighted by Crippen LogP contribution is 2.12. The molecule has 1 atom stereocenters. The molecule has 17 heavy (non-hydrogen) atoms. The van der Waals surface area contributed by atoms with Crippen LogP contribution < -0.4 is 5.32 Å². The molecular weight excluding hydrogens is 269 g/mol. The Morgan fingerprint density at radius 3 is 2.59 bits per heavy atom. The Morgan fingerprint density at radius 1 is 1.41 bits per heavy atom. The lowest BCUT2D eigenvalue weighted by molar-refractivity contribution is 0.562. The normalized spacial score (nSPS) is 19.9. The molecule has 8 heteroatoms. The quantitative estimate of drug-likeness (QED) is 0.820. The van der Waals surface area contributed by atoms with E-state index in [1.165, 1.54) is 0 Å². The van der Waals surface area contributed by atoms with E-state index in [-0.39, 0.29) is 29.4 Å². The van der Waals surface area contributed by atoms with Gasteiger partial charge in [0.25, 0.3) is 0 Å². The molecule has 1 aliphatic heterocycles. The zero-order valence-electron chi connectivity index (χ0n) is 8.97. The molecule has 96 valence electrons. The molecule has 0 aliphatic carbocycles. The van der Waals surface area contributed by atoms with Gasteiger partial charge in [-0.15, -0.1) is 12.4 Å². The van der Waals surface area contributed by atoms with Gasteiger partial charge in [-0.2, -0.15) is 0 Å². The molecule has 1 N–H and O–H groups in total. The van der Waals surface area contributed by atoms with Crippen molar-refractivity contribution >= 4 is 22.2 Å². The topological polar surface area (TPSA) is 72.0 Å². The van der Waals surface area contributed by atoms with Crippen LogP contribution in [0.4, 0.5) is 4.39 Å². The minimum Gasteiger partial charge on any atom is -0.313 e. The molecule has 0 radical (unpaired) electrons. The highest BCUT2D eigenvalue weighted by atomic mass is 35.5. The fourth-order valence-electron chi connectivity index (χ4n) is 1.70. The molecule has 5 nitrogen and oxygen atoms in total. The van der Waals surface area contributed by atoms with Gasteiger partial charge in [0, 0.05) is 6.04 Å². The van der Waals surface area contributed by atoms with E-state index >= 15 is 0 Å². The van der Waals surface area contributed by atoms with Crippen molar-refractivity contribution in [1.29, 1.82) is 0 Å². The second-order valence-electron chi connectivity index (χ2n) is 3.76. The van der Waals surface area contributed by atoms with Gasteiger partial charge in [0.2, 0.25) is 15.0 Å². The number of aromatic nitrogens is 2. The van der Waals surface area contributed by atoms with E-state index in [4.69, 9.17) is 0 Å². The monoisotopic (exact) mass is 281 g/mol. The largest absolute Gasteiger partial charge is 0.313 e. The Bertz CT molecular complexity index is 460. The van der Waals surface area contributed by atoms with Gasteiger partial charge in [0.15, 0.2) is 5.82 Å². The van der Waals surface area contributed by atoms with Crippen molar-refractivity contribution in [1.82, 2.24) is 15.3 Å². The summed E-state index contributed by atoms with van der Waals surface area (Å²) in [5.74, 6) is -0.670. The molecule has 1 aromatic rings. The van der Waals surface area contributed by atoms with Crippen LogP contribution in [0.1, 0.15) is 12.8 Å². The molecule has 2 heterocycles. The van der Waals surface area contributed by atoms with Gasteiger partial charge in [0.05, 0.1) is 18.1 Å². The van der Waals surface area contributed by atoms with E-state index in [1.54, 1.807) is 0 Å². The third kappa shape index (κ3) is 3.58. The Morgan fingerprint density at radius 2 is 2.06 bits per heavy atom. The van der Waals surface area contributed by atoms with Crippen molar-refractivity contribution < 1.29 is 12.8 Å². The van der Waals surface area contributed by atoms with Crippen molar-refractivity contribution in [3.63, 3.8) is 0 Å². The molecule has 1 unspecified atom stereocenters. The van der Waals surface area contributed by atoms with Crippen LogP contribution in [-0.2, 0) is 9.84 Å². The fourth-order valence-corrected chi connectivity index (χ4v) is 3.09. The molecule has 0 amide bonds. The van der Waals surface area contributed by atoms with Crippen molar-refractivity contribution in [3.8, 4) is 0 Å². The van der Waals surface area contributed by atoms with Gasteiger partial charge in [-0.1, -0.05) is 0 Å². The predicted octanol–water partition coefficient (Wildman–Crippen LogP) is 0.563. The minimum absolute atomic E-state index is 0. The third-order valence-electron chi connectivity index (χ3n) is 2.46. The summed E-state index contributed by atoms with van der Waals surface area (Å²) in [6.45, 7) is 0.838. The maximum atomic E-state index is 12.5. The lowest BCUT2D eigenvalue weighted by Gasteiger charge is -2.09. The van der Waals surface area contributed by atoms with Crippen molar-refractivity contribution in [2.45, 2.75) is 24.0 Å². The van der Waals surface area contributed by atoms with E-state index in [1.807, 2.05) is 0 Å². The molecule has 1 aromatic heterocycles. The molecule has 0 spiro atoms. The molecular formula is C9H13ClFN3O2S. The number of hydrogen-bond acceptors (Lipinski definition) is 5. The molecule has 1 fully saturated rings. The van der Waals surface area contributed by atoms with E-state index in [0.717, 1.165) is 31.8 Å². The van der Waals surface area contributed by atoms with Crippen LogP contribution in [0.15, 0.2) is 17.6 Å². The number of nitrogens with one attached hydrogen (secondary N) is 1. The van der Waals surface area contributed by atoms with Crippen LogP contribution in [0, 0.1) is 5.82 Å². The second kappa shape index (κ2) is 5.70. The SMILES string of the molecule is Cl.O=S(=O)(CC1CCCN1)c1ncc(F)cn1. The van der Waals surface area contributed by atoms with Crippen LogP contribution in [0.3, 0.4) is 0 Å². The van der Waals surface area contributed by atoms with Crippen molar-refractivity contribution in [3.05, 3.63) is 18.2 Å². The fraction of sp³-hybridized carbons (Fsp3) is 0.556. The van der Waals surface area contributed by atoms with Gasteiger partial charge in [-0.3, -0.25) is 0 Å². The maximum absolute atomic E-state index is 12.5. The number of hydrogen-bond donors (Lipinski definition) is 1. The zero-order chi connectivity index (χ0) is 11.6. The predicted molar refractivity (Wildman–Crippen MR) is 62.3 cm³/mol. The van der Waals surface area contributed by atoms with Gasteiger partial charge in [0.1, 0.15) is 0 Å². The van der Waals surface area contributed by atoms with Crippen LogP contribution in [0.2, 0.25) is 0 Å². The van der Waals surface area contributed by atoms with Crippen LogP contribution in [0.25, 0.3) is 0 Å². The van der Waals surface area contributed by atoms with Crippen molar-refractivity contribution in [2.75, 3.05) is 12.3 Å².